The Morgan fingerprint density at radius 2 is 1.68 bits per heavy atom. The highest BCUT2D eigenvalue weighted by Gasteiger charge is 2.18. The van der Waals surface area contributed by atoms with Crippen LogP contribution in [0.5, 0.6) is 5.75 Å². The zero-order valence-corrected chi connectivity index (χ0v) is 15.7. The zero-order valence-electron chi connectivity index (χ0n) is 15.7. The van der Waals surface area contributed by atoms with Gasteiger partial charge in [0.05, 0.1) is 6.04 Å². The minimum atomic E-state index is -0.103. The van der Waals surface area contributed by atoms with Crippen LogP contribution in [-0.2, 0) is 10.2 Å². The highest BCUT2D eigenvalue weighted by atomic mass is 16.5. The SMILES string of the molecule is CCC(NC(=O)COc1ccc(C(C)(C)CC)cc1)c1ccccc1. The van der Waals surface area contributed by atoms with Gasteiger partial charge in [-0.15, -0.1) is 0 Å². The second-order valence-corrected chi connectivity index (χ2v) is 6.99. The molecule has 0 aliphatic rings. The van der Waals surface area contributed by atoms with Gasteiger partial charge in [-0.2, -0.15) is 0 Å². The molecule has 0 aromatic heterocycles. The molecule has 0 spiro atoms. The van der Waals surface area contributed by atoms with E-state index >= 15 is 0 Å². The second kappa shape index (κ2) is 8.70. The van der Waals surface area contributed by atoms with Gasteiger partial charge < -0.3 is 10.1 Å². The third kappa shape index (κ3) is 5.35. The van der Waals surface area contributed by atoms with Crippen LogP contribution in [0.2, 0.25) is 0 Å². The van der Waals surface area contributed by atoms with Gasteiger partial charge in [0, 0.05) is 0 Å². The molecule has 0 aliphatic heterocycles. The molecule has 1 amide bonds. The number of carbonyl (C=O) groups excluding carboxylic acids is 1. The molecule has 0 saturated heterocycles. The fraction of sp³-hybridized carbons (Fsp3) is 0.409. The molecule has 0 bridgehead atoms. The normalized spacial score (nSPS) is 12.5. The summed E-state index contributed by atoms with van der Waals surface area (Å²) in [6.45, 7) is 8.73. The summed E-state index contributed by atoms with van der Waals surface area (Å²) in [4.78, 5) is 12.2. The Labute approximate surface area is 151 Å². The van der Waals surface area contributed by atoms with E-state index in [0.29, 0.717) is 0 Å². The average molecular weight is 339 g/mol. The van der Waals surface area contributed by atoms with Crippen LogP contribution < -0.4 is 10.1 Å². The summed E-state index contributed by atoms with van der Waals surface area (Å²) in [5.74, 6) is 0.618. The van der Waals surface area contributed by atoms with Crippen LogP contribution >= 0.6 is 0 Å². The van der Waals surface area contributed by atoms with E-state index < -0.39 is 0 Å². The first kappa shape index (κ1) is 19.0. The number of nitrogens with one attached hydrogen (secondary N) is 1. The minimum absolute atomic E-state index is 0.0185. The van der Waals surface area contributed by atoms with Crippen molar-refractivity contribution in [2.24, 2.45) is 0 Å². The topological polar surface area (TPSA) is 38.3 Å². The molecule has 0 fully saturated rings. The largest absolute Gasteiger partial charge is 0.484 e. The number of rotatable bonds is 8. The molecule has 1 unspecified atom stereocenters. The maximum absolute atomic E-state index is 12.2. The van der Waals surface area contributed by atoms with Gasteiger partial charge in [0.1, 0.15) is 5.75 Å². The van der Waals surface area contributed by atoms with Crippen LogP contribution in [-0.4, -0.2) is 12.5 Å². The Balaban J connectivity index is 1.89. The van der Waals surface area contributed by atoms with Gasteiger partial charge in [0.25, 0.3) is 5.91 Å². The van der Waals surface area contributed by atoms with E-state index in [1.54, 1.807) is 0 Å². The van der Waals surface area contributed by atoms with Crippen LogP contribution in [0.15, 0.2) is 54.6 Å². The molecular weight excluding hydrogens is 310 g/mol. The summed E-state index contributed by atoms with van der Waals surface area (Å²) in [7, 11) is 0. The molecule has 0 saturated carbocycles. The molecule has 2 aromatic rings. The summed E-state index contributed by atoms with van der Waals surface area (Å²) in [5, 5.41) is 3.03. The van der Waals surface area contributed by atoms with Gasteiger partial charge in [0.15, 0.2) is 6.61 Å². The Kier molecular flexibility index (Phi) is 6.63. The molecule has 2 aromatic carbocycles. The predicted octanol–water partition coefficient (Wildman–Crippen LogP) is 5.02. The number of amides is 1. The molecule has 25 heavy (non-hydrogen) atoms. The Bertz CT molecular complexity index is 662. The Hall–Kier alpha value is -2.29. The van der Waals surface area contributed by atoms with E-state index in [-0.39, 0.29) is 24.0 Å². The van der Waals surface area contributed by atoms with Gasteiger partial charge in [-0.1, -0.05) is 70.2 Å². The third-order valence-corrected chi connectivity index (χ3v) is 4.84. The van der Waals surface area contributed by atoms with Crippen molar-refractivity contribution in [3.63, 3.8) is 0 Å². The van der Waals surface area contributed by atoms with Crippen molar-refractivity contribution >= 4 is 5.91 Å². The van der Waals surface area contributed by atoms with Gasteiger partial charge in [0.2, 0.25) is 0 Å². The maximum Gasteiger partial charge on any atom is 0.258 e. The van der Waals surface area contributed by atoms with Gasteiger partial charge >= 0.3 is 0 Å². The van der Waals surface area contributed by atoms with E-state index in [9.17, 15) is 4.79 Å². The summed E-state index contributed by atoms with van der Waals surface area (Å²) < 4.78 is 5.64. The first-order valence-corrected chi connectivity index (χ1v) is 9.04. The number of benzene rings is 2. The van der Waals surface area contributed by atoms with Gasteiger partial charge in [-0.3, -0.25) is 4.79 Å². The molecule has 3 heteroatoms. The number of hydrogen-bond donors (Lipinski definition) is 1. The van der Waals surface area contributed by atoms with Crippen molar-refractivity contribution in [3.8, 4) is 5.75 Å². The van der Waals surface area contributed by atoms with Crippen molar-refractivity contribution in [2.45, 2.75) is 52.0 Å². The lowest BCUT2D eigenvalue weighted by Gasteiger charge is -2.23. The Morgan fingerprint density at radius 1 is 1.04 bits per heavy atom. The zero-order chi connectivity index (χ0) is 18.3. The first-order chi connectivity index (χ1) is 12.0. The third-order valence-electron chi connectivity index (χ3n) is 4.84. The lowest BCUT2D eigenvalue weighted by atomic mass is 9.82. The monoisotopic (exact) mass is 339 g/mol. The van der Waals surface area contributed by atoms with Crippen LogP contribution in [0.3, 0.4) is 0 Å². The molecule has 1 N–H and O–H groups in total. The molecule has 0 heterocycles. The molecule has 0 aliphatic carbocycles. The van der Waals surface area contributed by atoms with Crippen molar-refractivity contribution in [1.29, 1.82) is 0 Å². The predicted molar refractivity (Wildman–Crippen MR) is 103 cm³/mol. The molecule has 1 atom stereocenters. The van der Waals surface area contributed by atoms with E-state index in [4.69, 9.17) is 4.74 Å². The smallest absolute Gasteiger partial charge is 0.258 e. The highest BCUT2D eigenvalue weighted by Crippen LogP contribution is 2.28. The van der Waals surface area contributed by atoms with Crippen molar-refractivity contribution in [2.75, 3.05) is 6.61 Å². The molecular formula is C22H29NO2. The van der Waals surface area contributed by atoms with E-state index in [2.05, 4.69) is 45.1 Å². The fourth-order valence-corrected chi connectivity index (χ4v) is 2.70. The van der Waals surface area contributed by atoms with E-state index in [1.165, 1.54) is 5.56 Å². The Morgan fingerprint density at radius 3 is 2.24 bits per heavy atom. The lowest BCUT2D eigenvalue weighted by molar-refractivity contribution is -0.123. The van der Waals surface area contributed by atoms with Crippen LogP contribution in [0.25, 0.3) is 0 Å². The van der Waals surface area contributed by atoms with Crippen LogP contribution in [0.4, 0.5) is 0 Å². The quantitative estimate of drug-likeness (QED) is 0.733. The van der Waals surface area contributed by atoms with E-state index in [0.717, 1.165) is 24.2 Å². The number of hydrogen-bond acceptors (Lipinski definition) is 2. The minimum Gasteiger partial charge on any atom is -0.484 e. The maximum atomic E-state index is 12.2. The number of ether oxygens (including phenoxy) is 1. The van der Waals surface area contributed by atoms with Crippen molar-refractivity contribution < 1.29 is 9.53 Å². The highest BCUT2D eigenvalue weighted by molar-refractivity contribution is 5.78. The lowest BCUT2D eigenvalue weighted by Crippen LogP contribution is -2.32. The summed E-state index contributed by atoms with van der Waals surface area (Å²) in [6, 6.07) is 18.1. The standard InChI is InChI=1S/C22H29NO2/c1-5-20(17-10-8-7-9-11-17)23-21(24)16-25-19-14-12-18(13-15-19)22(3,4)6-2/h7-15,20H,5-6,16H2,1-4H3,(H,23,24). The summed E-state index contributed by atoms with van der Waals surface area (Å²) >= 11 is 0. The summed E-state index contributed by atoms with van der Waals surface area (Å²) in [6.07, 6.45) is 1.92. The van der Waals surface area contributed by atoms with Crippen molar-refractivity contribution in [3.05, 3.63) is 65.7 Å². The average Bonchev–Trinajstić information content (AvgIpc) is 2.65. The fourth-order valence-electron chi connectivity index (χ4n) is 2.70. The van der Waals surface area contributed by atoms with Gasteiger partial charge in [-0.05, 0) is 41.5 Å². The first-order valence-electron chi connectivity index (χ1n) is 9.04. The molecule has 2 rings (SSSR count). The second-order valence-electron chi connectivity index (χ2n) is 6.99. The molecule has 0 radical (unpaired) electrons. The van der Waals surface area contributed by atoms with Crippen LogP contribution in [0.1, 0.15) is 57.7 Å². The van der Waals surface area contributed by atoms with E-state index in [1.807, 2.05) is 42.5 Å². The summed E-state index contributed by atoms with van der Waals surface area (Å²) in [5.41, 5.74) is 2.55. The molecule has 3 nitrogen and oxygen atoms in total. The van der Waals surface area contributed by atoms with Crippen LogP contribution in [0, 0.1) is 0 Å². The van der Waals surface area contributed by atoms with Crippen molar-refractivity contribution in [1.82, 2.24) is 5.32 Å². The molecule has 134 valence electrons. The van der Waals surface area contributed by atoms with Gasteiger partial charge in [-0.25, -0.2) is 0 Å². The number of carbonyl (C=O) groups is 1.